The Kier molecular flexibility index (Phi) is 5.01. The van der Waals surface area contributed by atoms with Gasteiger partial charge in [-0.25, -0.2) is 9.59 Å². The lowest BCUT2D eigenvalue weighted by Gasteiger charge is -2.26. The molecule has 0 aromatic carbocycles. The lowest BCUT2D eigenvalue weighted by atomic mass is 10.2. The number of nitrogens with one attached hydrogen (secondary N) is 1. The number of fused-ring (bicyclic) bond motifs is 1. The van der Waals surface area contributed by atoms with Crippen molar-refractivity contribution in [1.82, 2.24) is 0 Å². The number of rotatable bonds is 1. The number of hydrogen-bond donors (Lipinski definition) is 1. The summed E-state index contributed by atoms with van der Waals surface area (Å²) in [5.41, 5.74) is 0.675. The number of anilines is 2. The van der Waals surface area contributed by atoms with Gasteiger partial charge in [0.1, 0.15) is 10.5 Å². The minimum atomic E-state index is -0.579. The van der Waals surface area contributed by atoms with Gasteiger partial charge in [-0.05, 0) is 43.1 Å². The van der Waals surface area contributed by atoms with Gasteiger partial charge in [0.2, 0.25) is 0 Å². The molecule has 1 aromatic rings. The molecule has 0 bridgehead atoms. The predicted octanol–water partition coefficient (Wildman–Crippen LogP) is 3.85. The highest BCUT2D eigenvalue weighted by Gasteiger charge is 2.32. The van der Waals surface area contributed by atoms with E-state index in [0.29, 0.717) is 33.1 Å². The summed E-state index contributed by atoms with van der Waals surface area (Å²) in [7, 11) is 1.34. The number of thiophene rings is 1. The summed E-state index contributed by atoms with van der Waals surface area (Å²) >= 11 is 4.69. The van der Waals surface area contributed by atoms with Crippen LogP contribution in [-0.2, 0) is 9.47 Å². The van der Waals surface area contributed by atoms with Crippen LogP contribution < -0.4 is 10.2 Å². The molecule has 0 radical (unpaired) electrons. The Labute approximate surface area is 141 Å². The summed E-state index contributed by atoms with van der Waals surface area (Å²) in [6.45, 7) is 6.66. The quantitative estimate of drug-likeness (QED) is 0.737. The molecule has 0 spiro atoms. The maximum Gasteiger partial charge on any atom is 0.414 e. The molecule has 6 nitrogen and oxygen atoms in total. The first-order chi connectivity index (χ1) is 10.2. The van der Waals surface area contributed by atoms with Gasteiger partial charge in [0, 0.05) is 13.1 Å². The van der Waals surface area contributed by atoms with E-state index in [1.54, 1.807) is 4.90 Å². The van der Waals surface area contributed by atoms with Gasteiger partial charge in [-0.3, -0.25) is 4.90 Å². The fraction of sp³-hybridized carbons (Fsp3) is 0.571. The molecular formula is C14H19BrN2O4S. The van der Waals surface area contributed by atoms with Crippen molar-refractivity contribution in [3.8, 4) is 0 Å². The highest BCUT2D eigenvalue weighted by atomic mass is 79.9. The van der Waals surface area contributed by atoms with Crippen molar-refractivity contribution in [2.45, 2.75) is 32.8 Å². The first-order valence-corrected chi connectivity index (χ1v) is 8.50. The van der Waals surface area contributed by atoms with Crippen molar-refractivity contribution in [1.29, 1.82) is 0 Å². The molecule has 122 valence electrons. The maximum atomic E-state index is 12.5. The molecule has 0 aliphatic carbocycles. The normalized spacial score (nSPS) is 14.7. The smallest absolute Gasteiger partial charge is 0.414 e. The Morgan fingerprint density at radius 3 is 2.64 bits per heavy atom. The largest absolute Gasteiger partial charge is 0.465 e. The molecule has 0 fully saturated rings. The number of esters is 1. The Morgan fingerprint density at radius 2 is 2.05 bits per heavy atom. The molecule has 22 heavy (non-hydrogen) atoms. The summed E-state index contributed by atoms with van der Waals surface area (Å²) < 4.78 is 11.0. The van der Waals surface area contributed by atoms with E-state index in [2.05, 4.69) is 21.2 Å². The molecular weight excluding hydrogens is 372 g/mol. The van der Waals surface area contributed by atoms with Crippen molar-refractivity contribution in [3.63, 3.8) is 0 Å². The van der Waals surface area contributed by atoms with Crippen molar-refractivity contribution in [2.24, 2.45) is 0 Å². The molecule has 2 rings (SSSR count). The number of ether oxygens (including phenoxy) is 2. The van der Waals surface area contributed by atoms with Crippen LogP contribution in [0.5, 0.6) is 0 Å². The van der Waals surface area contributed by atoms with Gasteiger partial charge in [-0.1, -0.05) is 0 Å². The van der Waals surface area contributed by atoms with Gasteiger partial charge < -0.3 is 14.8 Å². The fourth-order valence-electron chi connectivity index (χ4n) is 2.10. The zero-order valence-corrected chi connectivity index (χ0v) is 15.4. The summed E-state index contributed by atoms with van der Waals surface area (Å²) in [4.78, 5) is 26.4. The number of methoxy groups -OCH3 is 1. The van der Waals surface area contributed by atoms with Crippen LogP contribution in [0.3, 0.4) is 0 Å². The Bertz CT molecular complexity index is 594. The zero-order valence-electron chi connectivity index (χ0n) is 13.0. The molecule has 2 heterocycles. The number of nitrogens with zero attached hydrogens (tertiary/aromatic N) is 1. The van der Waals surface area contributed by atoms with Crippen LogP contribution in [0.15, 0.2) is 3.79 Å². The molecule has 0 saturated carbocycles. The second-order valence-corrected chi connectivity index (χ2v) is 8.17. The molecule has 1 aliphatic heterocycles. The van der Waals surface area contributed by atoms with Crippen LogP contribution in [0.1, 0.15) is 36.9 Å². The number of amides is 1. The number of halogens is 1. The maximum absolute atomic E-state index is 12.5. The van der Waals surface area contributed by atoms with E-state index < -0.39 is 17.7 Å². The fourth-order valence-corrected chi connectivity index (χ4v) is 3.92. The van der Waals surface area contributed by atoms with Crippen LogP contribution in [0.2, 0.25) is 0 Å². The molecule has 1 aromatic heterocycles. The van der Waals surface area contributed by atoms with E-state index in [0.717, 1.165) is 6.42 Å². The van der Waals surface area contributed by atoms with Crippen LogP contribution in [0.25, 0.3) is 0 Å². The molecule has 0 atom stereocenters. The van der Waals surface area contributed by atoms with Crippen LogP contribution in [-0.4, -0.2) is 37.9 Å². The Hall–Kier alpha value is -1.28. The molecule has 1 N–H and O–H groups in total. The minimum Gasteiger partial charge on any atom is -0.465 e. The van der Waals surface area contributed by atoms with Crippen molar-refractivity contribution in [3.05, 3.63) is 8.66 Å². The topological polar surface area (TPSA) is 67.9 Å². The van der Waals surface area contributed by atoms with Crippen molar-refractivity contribution < 1.29 is 19.1 Å². The first kappa shape index (κ1) is 17.1. The highest BCUT2D eigenvalue weighted by molar-refractivity contribution is 9.11. The Morgan fingerprint density at radius 1 is 1.36 bits per heavy atom. The lowest BCUT2D eigenvalue weighted by Crippen LogP contribution is -2.37. The predicted molar refractivity (Wildman–Crippen MR) is 90.0 cm³/mol. The van der Waals surface area contributed by atoms with E-state index in [1.165, 1.54) is 18.4 Å². The zero-order chi connectivity index (χ0) is 16.5. The van der Waals surface area contributed by atoms with Crippen molar-refractivity contribution in [2.75, 3.05) is 30.4 Å². The van der Waals surface area contributed by atoms with Crippen LogP contribution in [0.4, 0.5) is 16.2 Å². The molecule has 1 aliphatic rings. The summed E-state index contributed by atoms with van der Waals surface area (Å²) in [5.74, 6) is -0.425. The summed E-state index contributed by atoms with van der Waals surface area (Å²) in [5, 5.41) is 3.21. The van der Waals surface area contributed by atoms with Crippen LogP contribution >= 0.6 is 27.3 Å². The SMILES string of the molecule is COC(=O)c1sc(Br)c2c1NCCCN2C(=O)OC(C)(C)C. The van der Waals surface area contributed by atoms with Gasteiger partial charge >= 0.3 is 12.1 Å². The van der Waals surface area contributed by atoms with E-state index in [-0.39, 0.29) is 0 Å². The van der Waals surface area contributed by atoms with Gasteiger partial charge in [0.25, 0.3) is 0 Å². The molecule has 0 unspecified atom stereocenters. The lowest BCUT2D eigenvalue weighted by molar-refractivity contribution is 0.0576. The second-order valence-electron chi connectivity index (χ2n) is 5.83. The first-order valence-electron chi connectivity index (χ1n) is 6.89. The highest BCUT2D eigenvalue weighted by Crippen LogP contribution is 2.46. The summed E-state index contributed by atoms with van der Waals surface area (Å²) in [6, 6.07) is 0. The summed E-state index contributed by atoms with van der Waals surface area (Å²) in [6.07, 6.45) is 0.332. The third-order valence-corrected chi connectivity index (χ3v) is 4.77. The third-order valence-electron chi connectivity index (χ3n) is 2.96. The van der Waals surface area contributed by atoms with Gasteiger partial charge in [-0.2, -0.15) is 0 Å². The van der Waals surface area contributed by atoms with Gasteiger partial charge in [0.05, 0.1) is 22.3 Å². The number of carbonyl (C=O) groups excluding carboxylic acids is 2. The van der Waals surface area contributed by atoms with Crippen LogP contribution in [0, 0.1) is 0 Å². The average Bonchev–Trinajstić information content (AvgIpc) is 2.62. The Balaban J connectivity index is 2.43. The van der Waals surface area contributed by atoms with Crippen molar-refractivity contribution >= 4 is 50.7 Å². The van der Waals surface area contributed by atoms with E-state index in [9.17, 15) is 9.59 Å². The van der Waals surface area contributed by atoms with E-state index >= 15 is 0 Å². The third kappa shape index (κ3) is 3.55. The standard InChI is InChI=1S/C14H19BrN2O4S/c1-14(2,3)21-13(19)17-7-5-6-16-8-9(17)11(15)22-10(8)12(18)20-4/h16H,5-7H2,1-4H3. The average molecular weight is 391 g/mol. The molecule has 8 heteroatoms. The number of carbonyl (C=O) groups is 2. The van der Waals surface area contributed by atoms with E-state index in [1.807, 2.05) is 20.8 Å². The molecule has 0 saturated heterocycles. The minimum absolute atomic E-state index is 0.424. The number of hydrogen-bond acceptors (Lipinski definition) is 6. The van der Waals surface area contributed by atoms with Gasteiger partial charge in [-0.15, -0.1) is 11.3 Å². The monoisotopic (exact) mass is 390 g/mol. The second kappa shape index (κ2) is 6.45. The van der Waals surface area contributed by atoms with Gasteiger partial charge in [0.15, 0.2) is 0 Å². The molecule has 1 amide bonds. The van der Waals surface area contributed by atoms with E-state index in [4.69, 9.17) is 9.47 Å².